The lowest BCUT2D eigenvalue weighted by atomic mass is 9.98. The maximum Gasteiger partial charge on any atom is 0.282 e. The van der Waals surface area contributed by atoms with Gasteiger partial charge in [-0.2, -0.15) is 22.1 Å². The van der Waals surface area contributed by atoms with Crippen LogP contribution in [0, 0.1) is 5.82 Å². The number of nitrogens with zero attached hydrogens (tertiary/aromatic N) is 4. The van der Waals surface area contributed by atoms with Gasteiger partial charge in [0.1, 0.15) is 5.82 Å². The van der Waals surface area contributed by atoms with Crippen LogP contribution in [0.2, 0.25) is 5.02 Å². The fourth-order valence-electron chi connectivity index (χ4n) is 4.74. The molecule has 0 saturated heterocycles. The first kappa shape index (κ1) is 28.7. The van der Waals surface area contributed by atoms with Crippen molar-refractivity contribution in [2.45, 2.75) is 19.5 Å². The van der Waals surface area contributed by atoms with Crippen LogP contribution in [-0.4, -0.2) is 53.4 Å². The Hall–Kier alpha value is -3.83. The summed E-state index contributed by atoms with van der Waals surface area (Å²) >= 11 is 6.15. The van der Waals surface area contributed by atoms with E-state index in [0.29, 0.717) is 33.1 Å². The van der Waals surface area contributed by atoms with Crippen molar-refractivity contribution < 1.29 is 17.6 Å². The van der Waals surface area contributed by atoms with Gasteiger partial charge in [0.15, 0.2) is 5.69 Å². The third kappa shape index (κ3) is 5.96. The summed E-state index contributed by atoms with van der Waals surface area (Å²) in [5, 5.41) is 8.28. The summed E-state index contributed by atoms with van der Waals surface area (Å²) in [4.78, 5) is 13.7. The number of nitrogens with one attached hydrogen (secondary N) is 1. The topological polar surface area (TPSA) is 87.5 Å². The second kappa shape index (κ2) is 11.6. The Morgan fingerprint density at radius 2 is 1.68 bits per heavy atom. The number of hydrogen-bond acceptors (Lipinski definition) is 4. The molecular weight excluding hydrogens is 565 g/mol. The lowest BCUT2D eigenvalue weighted by molar-refractivity contribution is 0.0933. The third-order valence-corrected chi connectivity index (χ3v) is 8.99. The molecule has 41 heavy (non-hydrogen) atoms. The van der Waals surface area contributed by atoms with Gasteiger partial charge in [0, 0.05) is 37.8 Å². The van der Waals surface area contributed by atoms with Crippen LogP contribution < -0.4 is 5.32 Å². The quantitative estimate of drug-likeness (QED) is 0.314. The summed E-state index contributed by atoms with van der Waals surface area (Å²) in [5.74, 6) is -0.818. The zero-order valence-corrected chi connectivity index (χ0v) is 24.3. The molecule has 0 saturated carbocycles. The van der Waals surface area contributed by atoms with Crippen molar-refractivity contribution in [2.24, 2.45) is 0 Å². The summed E-state index contributed by atoms with van der Waals surface area (Å²) in [7, 11) is -0.947. The predicted molar refractivity (Wildman–Crippen MR) is 158 cm³/mol. The lowest BCUT2D eigenvalue weighted by Crippen LogP contribution is -2.43. The first-order valence-corrected chi connectivity index (χ1v) is 14.7. The van der Waals surface area contributed by atoms with Crippen molar-refractivity contribution in [2.75, 3.05) is 20.6 Å². The zero-order chi connectivity index (χ0) is 29.3. The van der Waals surface area contributed by atoms with Crippen LogP contribution in [0.3, 0.4) is 0 Å². The minimum Gasteiger partial charge on any atom is -0.344 e. The molecule has 1 aliphatic heterocycles. The van der Waals surface area contributed by atoms with Gasteiger partial charge in [-0.05, 0) is 66.1 Å². The van der Waals surface area contributed by atoms with Crippen LogP contribution in [0.4, 0.5) is 4.39 Å². The molecule has 5 rings (SSSR count). The Morgan fingerprint density at radius 1 is 1.02 bits per heavy atom. The van der Waals surface area contributed by atoms with Gasteiger partial charge in [-0.1, -0.05) is 54.1 Å². The molecule has 1 aliphatic rings. The molecule has 1 N–H and O–H groups in total. The number of aromatic nitrogens is 2. The summed E-state index contributed by atoms with van der Waals surface area (Å²) in [6.45, 7) is 1.83. The fraction of sp³-hybridized carbons (Fsp3) is 0.200. The Morgan fingerprint density at radius 3 is 2.32 bits per heavy atom. The van der Waals surface area contributed by atoms with Crippen molar-refractivity contribution in [3.05, 3.63) is 118 Å². The van der Waals surface area contributed by atoms with E-state index in [0.717, 1.165) is 9.87 Å². The van der Waals surface area contributed by atoms with Crippen molar-refractivity contribution in [3.63, 3.8) is 0 Å². The highest BCUT2D eigenvalue weighted by molar-refractivity contribution is 7.86. The van der Waals surface area contributed by atoms with Gasteiger partial charge in [-0.25, -0.2) is 9.07 Å². The number of carbonyl (C=O) groups is 1. The average Bonchev–Trinajstić information content (AvgIpc) is 3.35. The molecule has 1 aromatic heterocycles. The molecular formula is C30H29ClFN5O3S. The number of fused-ring (bicyclic) bond motifs is 1. The van der Waals surface area contributed by atoms with Crippen molar-refractivity contribution in [3.8, 4) is 5.69 Å². The summed E-state index contributed by atoms with van der Waals surface area (Å²) < 4.78 is 44.4. The molecule has 4 aromatic rings. The maximum absolute atomic E-state index is 13.7. The van der Waals surface area contributed by atoms with E-state index in [9.17, 15) is 17.6 Å². The molecule has 1 amide bonds. The minimum absolute atomic E-state index is 0.0195. The first-order chi connectivity index (χ1) is 19.5. The Labute approximate surface area is 243 Å². The molecule has 8 nitrogen and oxygen atoms in total. The smallest absolute Gasteiger partial charge is 0.282 e. The normalized spacial score (nSPS) is 15.6. The van der Waals surface area contributed by atoms with E-state index < -0.39 is 16.1 Å². The molecule has 0 aliphatic carbocycles. The second-order valence-electron chi connectivity index (χ2n) is 9.95. The van der Waals surface area contributed by atoms with Gasteiger partial charge in [0.2, 0.25) is 0 Å². The largest absolute Gasteiger partial charge is 0.344 e. The van der Waals surface area contributed by atoms with E-state index in [2.05, 4.69) is 5.32 Å². The fourth-order valence-corrected chi connectivity index (χ4v) is 5.92. The average molecular weight is 594 g/mol. The number of benzene rings is 3. The first-order valence-electron chi connectivity index (χ1n) is 12.9. The summed E-state index contributed by atoms with van der Waals surface area (Å²) in [6.07, 6.45) is 1.79. The van der Waals surface area contributed by atoms with E-state index in [1.54, 1.807) is 47.2 Å². The third-order valence-electron chi connectivity index (χ3n) is 6.90. The summed E-state index contributed by atoms with van der Waals surface area (Å²) in [6, 6.07) is 22.1. The van der Waals surface area contributed by atoms with E-state index >= 15 is 0 Å². The molecule has 1 atom stereocenters. The Balaban J connectivity index is 1.69. The maximum atomic E-state index is 13.7. The Kier molecular flexibility index (Phi) is 8.10. The molecule has 0 radical (unpaired) electrons. The van der Waals surface area contributed by atoms with Crippen LogP contribution in [-0.2, 0) is 16.8 Å². The van der Waals surface area contributed by atoms with Gasteiger partial charge < -0.3 is 5.32 Å². The second-order valence-corrected chi connectivity index (χ2v) is 12.5. The van der Waals surface area contributed by atoms with Crippen molar-refractivity contribution >= 4 is 39.4 Å². The molecule has 2 heterocycles. The number of halogens is 2. The molecule has 11 heteroatoms. The summed E-state index contributed by atoms with van der Waals surface area (Å²) in [5.41, 5.74) is 4.00. The molecule has 0 unspecified atom stereocenters. The molecule has 0 spiro atoms. The van der Waals surface area contributed by atoms with Gasteiger partial charge in [-0.15, -0.1) is 0 Å². The predicted octanol–water partition coefficient (Wildman–Crippen LogP) is 5.32. The number of hydrogen-bond donors (Lipinski definition) is 1. The number of amides is 1. The van der Waals surface area contributed by atoms with E-state index in [4.69, 9.17) is 16.7 Å². The highest BCUT2D eigenvalue weighted by Gasteiger charge is 2.37. The molecule has 0 bridgehead atoms. The monoisotopic (exact) mass is 593 g/mol. The SMILES string of the molecule is C[C@@H](NC(=O)c1nn(-c2ccc(Cl)cc2)c2c1CN(S(=O)(=O)N(C)C)C/C2=C\c1ccc(F)cc1)c1ccccc1. The van der Waals surface area contributed by atoms with Crippen LogP contribution >= 0.6 is 11.6 Å². The lowest BCUT2D eigenvalue weighted by Gasteiger charge is -2.31. The van der Waals surface area contributed by atoms with Crippen molar-refractivity contribution in [1.82, 2.24) is 23.7 Å². The van der Waals surface area contributed by atoms with Gasteiger partial charge in [0.05, 0.1) is 17.4 Å². The van der Waals surface area contributed by atoms with Gasteiger partial charge in [0.25, 0.3) is 16.1 Å². The number of rotatable bonds is 7. The Bertz CT molecular complexity index is 1700. The van der Waals surface area contributed by atoms with Gasteiger partial charge >= 0.3 is 0 Å². The van der Waals surface area contributed by atoms with Crippen LogP contribution in [0.25, 0.3) is 17.3 Å². The highest BCUT2D eigenvalue weighted by atomic mass is 35.5. The van der Waals surface area contributed by atoms with E-state index in [-0.39, 0.29) is 30.6 Å². The molecule has 212 valence electrons. The van der Waals surface area contributed by atoms with Gasteiger partial charge in [-0.3, -0.25) is 4.79 Å². The van der Waals surface area contributed by atoms with Crippen LogP contribution in [0.5, 0.6) is 0 Å². The van der Waals surface area contributed by atoms with Crippen molar-refractivity contribution in [1.29, 1.82) is 0 Å². The van der Waals surface area contributed by atoms with Crippen LogP contribution in [0.15, 0.2) is 78.9 Å². The standard InChI is InChI=1S/C30H29ClFN5O3S/c1-20(22-7-5-4-6-8-22)33-30(38)28-27-19-36(41(39,40)35(2)3)18-23(17-21-9-13-25(32)14-10-21)29(27)37(34-28)26-15-11-24(31)12-16-26/h4-17,20H,18-19H2,1-3H3,(H,33,38)/b23-17+/t20-/m1/s1. The minimum atomic E-state index is -3.86. The molecule has 3 aromatic carbocycles. The van der Waals surface area contributed by atoms with E-state index in [1.807, 2.05) is 37.3 Å². The molecule has 0 fully saturated rings. The highest BCUT2D eigenvalue weighted by Crippen LogP contribution is 2.35. The number of carbonyl (C=O) groups excluding carboxylic acids is 1. The van der Waals surface area contributed by atoms with E-state index in [1.165, 1.54) is 30.5 Å². The van der Waals surface area contributed by atoms with Crippen LogP contribution in [0.1, 0.15) is 45.8 Å². The zero-order valence-electron chi connectivity index (χ0n) is 22.8.